The number of aromatic nitrogens is 1. The zero-order valence-corrected chi connectivity index (χ0v) is 22.5. The van der Waals surface area contributed by atoms with Gasteiger partial charge in [-0.15, -0.1) is 0 Å². The van der Waals surface area contributed by atoms with Crippen LogP contribution in [-0.4, -0.2) is 41.3 Å². The third-order valence-electron chi connectivity index (χ3n) is 6.13. The lowest BCUT2D eigenvalue weighted by Crippen LogP contribution is -2.25. The van der Waals surface area contributed by atoms with Gasteiger partial charge in [0, 0.05) is 17.5 Å². The lowest BCUT2D eigenvalue weighted by Gasteiger charge is -2.27. The van der Waals surface area contributed by atoms with Gasteiger partial charge in [0.05, 0.1) is 30.1 Å². The van der Waals surface area contributed by atoms with Crippen LogP contribution in [0.25, 0.3) is 11.3 Å². The number of aliphatic hydroxyl groups is 2. The van der Waals surface area contributed by atoms with Crippen LogP contribution in [-0.2, 0) is 11.0 Å². The van der Waals surface area contributed by atoms with Crippen molar-refractivity contribution in [3.05, 3.63) is 76.2 Å². The van der Waals surface area contributed by atoms with Gasteiger partial charge in [-0.05, 0) is 72.9 Å². The van der Waals surface area contributed by atoms with Crippen molar-refractivity contribution >= 4 is 17.4 Å². The van der Waals surface area contributed by atoms with Crippen LogP contribution >= 0.6 is 11.6 Å². The van der Waals surface area contributed by atoms with Gasteiger partial charge in [0.2, 0.25) is 0 Å². The highest BCUT2D eigenvalue weighted by atomic mass is 35.5. The summed E-state index contributed by atoms with van der Waals surface area (Å²) in [6.07, 6.45) is 0.188. The molecule has 0 fully saturated rings. The van der Waals surface area contributed by atoms with E-state index in [1.807, 2.05) is 32.9 Å². The fourth-order valence-corrected chi connectivity index (χ4v) is 3.97. The Bertz CT molecular complexity index is 1270. The van der Waals surface area contributed by atoms with Crippen molar-refractivity contribution < 1.29 is 28.9 Å². The van der Waals surface area contributed by atoms with Gasteiger partial charge in [-0.3, -0.25) is 4.79 Å². The minimum Gasteiger partial charge on any atom is -0.493 e. The number of carbonyl (C=O) groups is 1. The number of ether oxygens (including phenoxy) is 2. The zero-order valence-electron chi connectivity index (χ0n) is 21.8. The minimum absolute atomic E-state index is 0.0115. The highest BCUT2D eigenvalue weighted by Crippen LogP contribution is 2.35. The summed E-state index contributed by atoms with van der Waals surface area (Å²) in [5.41, 5.74) is 1.28. The SMILES string of the molecule is COc1cc(C(=O)CCC(C)(O)c2cc(C(C)(C)C)cc(-c3ccc(F)c(Cl)c3)n2)ccc1OCCO. The van der Waals surface area contributed by atoms with Crippen LogP contribution in [0.2, 0.25) is 5.02 Å². The number of methoxy groups -OCH3 is 1. The Labute approximate surface area is 222 Å². The Hall–Kier alpha value is -3.00. The second-order valence-electron chi connectivity index (χ2n) is 10.1. The van der Waals surface area contributed by atoms with Crippen LogP contribution in [0.3, 0.4) is 0 Å². The third-order valence-corrected chi connectivity index (χ3v) is 6.42. The predicted octanol–water partition coefficient (Wildman–Crippen LogP) is 6.09. The summed E-state index contributed by atoms with van der Waals surface area (Å²) in [4.78, 5) is 17.7. The van der Waals surface area contributed by atoms with Crippen LogP contribution in [0.5, 0.6) is 11.5 Å². The normalized spacial score (nSPS) is 13.2. The second kappa shape index (κ2) is 11.6. The molecule has 2 N–H and O–H groups in total. The van der Waals surface area contributed by atoms with E-state index in [2.05, 4.69) is 4.98 Å². The molecule has 0 bridgehead atoms. The molecule has 0 amide bonds. The number of hydrogen-bond acceptors (Lipinski definition) is 6. The van der Waals surface area contributed by atoms with Crippen molar-refractivity contribution in [2.24, 2.45) is 0 Å². The first-order valence-electron chi connectivity index (χ1n) is 12.0. The maximum Gasteiger partial charge on any atom is 0.163 e. The fourth-order valence-electron chi connectivity index (χ4n) is 3.79. The number of benzene rings is 2. The molecule has 3 aromatic rings. The average molecular weight is 530 g/mol. The molecule has 198 valence electrons. The average Bonchev–Trinajstić information content (AvgIpc) is 2.86. The molecule has 0 saturated carbocycles. The summed E-state index contributed by atoms with van der Waals surface area (Å²) in [6, 6.07) is 13.0. The van der Waals surface area contributed by atoms with E-state index in [4.69, 9.17) is 26.2 Å². The van der Waals surface area contributed by atoms with Crippen LogP contribution in [0.1, 0.15) is 62.2 Å². The second-order valence-corrected chi connectivity index (χ2v) is 10.5. The highest BCUT2D eigenvalue weighted by molar-refractivity contribution is 6.31. The van der Waals surface area contributed by atoms with Gasteiger partial charge in [-0.2, -0.15) is 0 Å². The number of hydrogen-bond donors (Lipinski definition) is 2. The molecule has 37 heavy (non-hydrogen) atoms. The van der Waals surface area contributed by atoms with E-state index in [1.54, 1.807) is 31.2 Å². The molecule has 1 heterocycles. The topological polar surface area (TPSA) is 88.9 Å². The Kier molecular flexibility index (Phi) is 8.95. The molecule has 0 aliphatic heterocycles. The summed E-state index contributed by atoms with van der Waals surface area (Å²) < 4.78 is 24.5. The number of carbonyl (C=O) groups excluding carboxylic acids is 1. The van der Waals surface area contributed by atoms with Crippen molar-refractivity contribution in [3.63, 3.8) is 0 Å². The molecule has 0 saturated heterocycles. The summed E-state index contributed by atoms with van der Waals surface area (Å²) in [5, 5.41) is 20.4. The van der Waals surface area contributed by atoms with E-state index in [9.17, 15) is 14.3 Å². The van der Waals surface area contributed by atoms with Gasteiger partial charge < -0.3 is 19.7 Å². The standard InChI is InChI=1S/C29H33ClFNO5/c1-28(2,3)20-16-23(18-6-8-22(31)21(30)14-18)32-27(17-20)29(4,35)11-10-24(34)19-7-9-25(37-13-12-33)26(15-19)36-5/h6-9,14-17,33,35H,10-13H2,1-5H3. The Morgan fingerprint density at radius 2 is 1.78 bits per heavy atom. The first-order chi connectivity index (χ1) is 17.4. The smallest absolute Gasteiger partial charge is 0.163 e. The summed E-state index contributed by atoms with van der Waals surface area (Å²) in [7, 11) is 1.47. The van der Waals surface area contributed by atoms with E-state index < -0.39 is 11.4 Å². The number of aliphatic hydroxyl groups excluding tert-OH is 1. The number of halogens is 2. The number of rotatable bonds is 10. The molecule has 0 aliphatic rings. The maximum atomic E-state index is 13.7. The quantitative estimate of drug-likeness (QED) is 0.309. The Morgan fingerprint density at radius 3 is 2.41 bits per heavy atom. The lowest BCUT2D eigenvalue weighted by molar-refractivity contribution is 0.0396. The molecule has 8 heteroatoms. The molecule has 3 rings (SSSR count). The van der Waals surface area contributed by atoms with Gasteiger partial charge >= 0.3 is 0 Å². The maximum absolute atomic E-state index is 13.7. The van der Waals surface area contributed by atoms with Crippen molar-refractivity contribution in [1.29, 1.82) is 0 Å². The lowest BCUT2D eigenvalue weighted by atomic mass is 9.83. The van der Waals surface area contributed by atoms with E-state index in [0.29, 0.717) is 34.0 Å². The first kappa shape index (κ1) is 28.6. The number of nitrogens with zero attached hydrogens (tertiary/aromatic N) is 1. The number of pyridine rings is 1. The van der Waals surface area contributed by atoms with Crippen molar-refractivity contribution in [2.75, 3.05) is 20.3 Å². The van der Waals surface area contributed by atoms with Crippen LogP contribution in [0, 0.1) is 5.82 Å². The molecule has 1 atom stereocenters. The molecule has 1 unspecified atom stereocenters. The summed E-state index contributed by atoms with van der Waals surface area (Å²) in [5.74, 6) is 0.113. The van der Waals surface area contributed by atoms with Gasteiger partial charge in [0.15, 0.2) is 17.3 Å². The van der Waals surface area contributed by atoms with Gasteiger partial charge in [-0.1, -0.05) is 32.4 Å². The summed E-state index contributed by atoms with van der Waals surface area (Å²) in [6.45, 7) is 7.74. The molecular formula is C29H33ClFNO5. The van der Waals surface area contributed by atoms with E-state index in [0.717, 1.165) is 5.56 Å². The van der Waals surface area contributed by atoms with Crippen molar-refractivity contribution in [2.45, 2.75) is 51.6 Å². The third kappa shape index (κ3) is 7.06. The molecule has 0 aliphatic carbocycles. The largest absolute Gasteiger partial charge is 0.493 e. The zero-order chi connectivity index (χ0) is 27.4. The fraction of sp³-hybridized carbons (Fsp3) is 0.379. The van der Waals surface area contributed by atoms with Crippen molar-refractivity contribution in [1.82, 2.24) is 4.98 Å². The molecule has 0 radical (unpaired) electrons. The molecular weight excluding hydrogens is 497 g/mol. The molecule has 2 aromatic carbocycles. The van der Waals surface area contributed by atoms with Crippen LogP contribution < -0.4 is 9.47 Å². The monoisotopic (exact) mass is 529 g/mol. The Balaban J connectivity index is 1.88. The molecule has 0 spiro atoms. The minimum atomic E-state index is -1.41. The molecule has 6 nitrogen and oxygen atoms in total. The van der Waals surface area contributed by atoms with Crippen LogP contribution in [0.4, 0.5) is 4.39 Å². The van der Waals surface area contributed by atoms with Gasteiger partial charge in [0.1, 0.15) is 18.0 Å². The van der Waals surface area contributed by atoms with Crippen LogP contribution in [0.15, 0.2) is 48.5 Å². The van der Waals surface area contributed by atoms with Gasteiger partial charge in [0.25, 0.3) is 0 Å². The van der Waals surface area contributed by atoms with E-state index in [1.165, 1.54) is 19.2 Å². The molecule has 1 aromatic heterocycles. The predicted molar refractivity (Wildman–Crippen MR) is 142 cm³/mol. The van der Waals surface area contributed by atoms with Gasteiger partial charge in [-0.25, -0.2) is 9.37 Å². The van der Waals surface area contributed by atoms with Crippen molar-refractivity contribution in [3.8, 4) is 22.8 Å². The first-order valence-corrected chi connectivity index (χ1v) is 12.4. The highest BCUT2D eigenvalue weighted by Gasteiger charge is 2.29. The van der Waals surface area contributed by atoms with E-state index >= 15 is 0 Å². The number of Topliss-reactive ketones (excluding diaryl/α,β-unsaturated/α-hetero) is 1. The Morgan fingerprint density at radius 1 is 1.05 bits per heavy atom. The summed E-state index contributed by atoms with van der Waals surface area (Å²) >= 11 is 6.00. The number of ketones is 1. The van der Waals surface area contributed by atoms with E-state index in [-0.39, 0.29) is 42.3 Å².